The molecule has 0 aliphatic heterocycles. The quantitative estimate of drug-likeness (QED) is 0.457. The van der Waals surface area contributed by atoms with Gasteiger partial charge in [0.15, 0.2) is 0 Å². The third kappa shape index (κ3) is 4.01. The van der Waals surface area contributed by atoms with Gasteiger partial charge in [0.1, 0.15) is 6.34 Å². The molecule has 1 N–H and O–H groups in total. The van der Waals surface area contributed by atoms with Gasteiger partial charge in [0.25, 0.3) is 0 Å². The second-order valence-corrected chi connectivity index (χ2v) is 2.00. The minimum absolute atomic E-state index is 0.958. The molecule has 0 aliphatic carbocycles. The van der Waals surface area contributed by atoms with Gasteiger partial charge in [0, 0.05) is 5.71 Å². The maximum Gasteiger partial charge on any atom is 0.107 e. The van der Waals surface area contributed by atoms with Crippen LogP contribution in [0.1, 0.15) is 26.7 Å². The van der Waals surface area contributed by atoms with E-state index in [0.717, 1.165) is 24.9 Å². The molecule has 0 heterocycles. The lowest BCUT2D eigenvalue weighted by Crippen LogP contribution is -1.91. The predicted molar refractivity (Wildman–Crippen MR) is 45.9 cm³/mol. The molecule has 0 aromatic heterocycles. The third-order valence-corrected chi connectivity index (χ3v) is 1.10. The number of nitrogens with one attached hydrogen (secondary N) is 1. The number of rotatable bonds is 4. The first-order chi connectivity index (χ1) is 4.85. The summed E-state index contributed by atoms with van der Waals surface area (Å²) in [6.07, 6.45) is 7.01. The van der Waals surface area contributed by atoms with Crippen LogP contribution in [0.3, 0.4) is 0 Å². The second-order valence-electron chi connectivity index (χ2n) is 2.00. The molecule has 0 aliphatic rings. The van der Waals surface area contributed by atoms with Gasteiger partial charge < -0.3 is 0 Å². The average molecular weight is 138 g/mol. The standard InChI is InChI=1S/C8H14N2/c1-3-5-8(6-4-2)10-7-9/h3,5,7,9H,4,6H2,1-2H3/b5-3-,9-7?,10-8?. The first kappa shape index (κ1) is 9.08. The summed E-state index contributed by atoms with van der Waals surface area (Å²) in [7, 11) is 0. The van der Waals surface area contributed by atoms with Crippen LogP contribution in [-0.4, -0.2) is 12.1 Å². The van der Waals surface area contributed by atoms with E-state index < -0.39 is 0 Å². The van der Waals surface area contributed by atoms with Crippen molar-refractivity contribution in [3.05, 3.63) is 12.2 Å². The van der Waals surface area contributed by atoms with Crippen molar-refractivity contribution in [3.63, 3.8) is 0 Å². The zero-order valence-corrected chi connectivity index (χ0v) is 6.59. The molecular weight excluding hydrogens is 124 g/mol. The molecule has 10 heavy (non-hydrogen) atoms. The van der Waals surface area contributed by atoms with Crippen molar-refractivity contribution >= 4 is 12.1 Å². The summed E-state index contributed by atoms with van der Waals surface area (Å²) in [5, 5.41) is 6.74. The van der Waals surface area contributed by atoms with Crippen molar-refractivity contribution < 1.29 is 0 Å². The molecule has 56 valence electrons. The Morgan fingerprint density at radius 1 is 1.60 bits per heavy atom. The van der Waals surface area contributed by atoms with Gasteiger partial charge in [-0.2, -0.15) is 0 Å². The van der Waals surface area contributed by atoms with Gasteiger partial charge in [-0.15, -0.1) is 0 Å². The fraction of sp³-hybridized carbons (Fsp3) is 0.500. The Morgan fingerprint density at radius 2 is 2.30 bits per heavy atom. The number of hydrogen-bond acceptors (Lipinski definition) is 1. The van der Waals surface area contributed by atoms with Gasteiger partial charge in [0.2, 0.25) is 0 Å². The van der Waals surface area contributed by atoms with Crippen LogP contribution in [0, 0.1) is 5.41 Å². The molecule has 0 saturated heterocycles. The van der Waals surface area contributed by atoms with Crippen LogP contribution in [0.4, 0.5) is 0 Å². The zero-order valence-electron chi connectivity index (χ0n) is 6.59. The molecule has 2 heteroatoms. The molecule has 0 radical (unpaired) electrons. The Balaban J connectivity index is 3.96. The number of aliphatic imine (C=N–C) groups is 1. The first-order valence-electron chi connectivity index (χ1n) is 3.53. The summed E-state index contributed by atoms with van der Waals surface area (Å²) < 4.78 is 0. The number of allylic oxidation sites excluding steroid dienone is 2. The van der Waals surface area contributed by atoms with Gasteiger partial charge in [-0.1, -0.05) is 19.4 Å². The second kappa shape index (κ2) is 6.20. The molecule has 0 bridgehead atoms. The molecule has 0 atom stereocenters. The predicted octanol–water partition coefficient (Wildman–Crippen LogP) is 2.41. The Hall–Kier alpha value is -0.920. The largest absolute Gasteiger partial charge is 0.290 e. The Bertz CT molecular complexity index is 145. The van der Waals surface area contributed by atoms with E-state index in [1.165, 1.54) is 0 Å². The molecule has 0 aromatic rings. The Kier molecular flexibility index (Phi) is 5.63. The lowest BCUT2D eigenvalue weighted by Gasteiger charge is -1.93. The van der Waals surface area contributed by atoms with E-state index >= 15 is 0 Å². The van der Waals surface area contributed by atoms with Gasteiger partial charge in [-0.25, -0.2) is 4.99 Å². The maximum atomic E-state index is 6.74. The monoisotopic (exact) mass is 138 g/mol. The minimum Gasteiger partial charge on any atom is -0.290 e. The van der Waals surface area contributed by atoms with E-state index in [9.17, 15) is 0 Å². The number of hydrogen-bond donors (Lipinski definition) is 1. The normalized spacial score (nSPS) is 12.4. The molecule has 2 nitrogen and oxygen atoms in total. The van der Waals surface area contributed by atoms with Crippen molar-refractivity contribution in [3.8, 4) is 0 Å². The molecule has 0 amide bonds. The summed E-state index contributed by atoms with van der Waals surface area (Å²) >= 11 is 0. The van der Waals surface area contributed by atoms with E-state index in [-0.39, 0.29) is 0 Å². The fourth-order valence-corrected chi connectivity index (χ4v) is 0.722. The van der Waals surface area contributed by atoms with E-state index in [2.05, 4.69) is 11.9 Å². The van der Waals surface area contributed by atoms with Crippen molar-refractivity contribution in [2.45, 2.75) is 26.7 Å². The summed E-state index contributed by atoms with van der Waals surface area (Å²) in [6.45, 7) is 4.05. The van der Waals surface area contributed by atoms with E-state index in [1.54, 1.807) is 0 Å². The van der Waals surface area contributed by atoms with Gasteiger partial charge in [-0.05, 0) is 19.4 Å². The fourth-order valence-electron chi connectivity index (χ4n) is 0.722. The molecule has 0 aromatic carbocycles. The maximum absolute atomic E-state index is 6.74. The topological polar surface area (TPSA) is 36.2 Å². The highest BCUT2D eigenvalue weighted by atomic mass is 14.8. The average Bonchev–Trinajstić information content (AvgIpc) is 1.90. The Labute approximate surface area is 62.2 Å². The van der Waals surface area contributed by atoms with Gasteiger partial charge >= 0.3 is 0 Å². The molecular formula is C8H14N2. The highest BCUT2D eigenvalue weighted by Gasteiger charge is 1.88. The minimum atomic E-state index is 0.958. The van der Waals surface area contributed by atoms with Crippen LogP contribution < -0.4 is 0 Å². The molecule has 0 saturated carbocycles. The van der Waals surface area contributed by atoms with Crippen LogP contribution in [0.25, 0.3) is 0 Å². The molecule has 0 unspecified atom stereocenters. The first-order valence-corrected chi connectivity index (χ1v) is 3.53. The summed E-state index contributed by atoms with van der Waals surface area (Å²) in [6, 6.07) is 0. The van der Waals surface area contributed by atoms with Crippen LogP contribution >= 0.6 is 0 Å². The summed E-state index contributed by atoms with van der Waals surface area (Å²) in [4.78, 5) is 3.88. The SMILES string of the molecule is C/C=C\C(CCC)=NC=N. The highest BCUT2D eigenvalue weighted by molar-refractivity contribution is 5.98. The number of nitrogens with zero attached hydrogens (tertiary/aromatic N) is 1. The van der Waals surface area contributed by atoms with Crippen molar-refractivity contribution in [1.29, 1.82) is 5.41 Å². The van der Waals surface area contributed by atoms with E-state index in [0.29, 0.717) is 0 Å². The molecule has 0 fully saturated rings. The summed E-state index contributed by atoms with van der Waals surface area (Å²) in [5.41, 5.74) is 0.986. The van der Waals surface area contributed by atoms with Crippen molar-refractivity contribution in [1.82, 2.24) is 0 Å². The van der Waals surface area contributed by atoms with E-state index in [4.69, 9.17) is 5.41 Å². The highest BCUT2D eigenvalue weighted by Crippen LogP contribution is 1.93. The summed E-state index contributed by atoms with van der Waals surface area (Å²) in [5.74, 6) is 0. The van der Waals surface area contributed by atoms with Crippen LogP contribution in [0.2, 0.25) is 0 Å². The van der Waals surface area contributed by atoms with Crippen LogP contribution in [0.5, 0.6) is 0 Å². The smallest absolute Gasteiger partial charge is 0.107 e. The van der Waals surface area contributed by atoms with Crippen molar-refractivity contribution in [2.75, 3.05) is 0 Å². The van der Waals surface area contributed by atoms with E-state index in [1.807, 2.05) is 19.1 Å². The van der Waals surface area contributed by atoms with Crippen LogP contribution in [-0.2, 0) is 0 Å². The lowest BCUT2D eigenvalue weighted by molar-refractivity contribution is 0.997. The van der Waals surface area contributed by atoms with Crippen molar-refractivity contribution in [2.24, 2.45) is 4.99 Å². The van der Waals surface area contributed by atoms with Gasteiger partial charge in [0.05, 0.1) is 0 Å². The lowest BCUT2D eigenvalue weighted by atomic mass is 10.2. The molecule has 0 spiro atoms. The zero-order chi connectivity index (χ0) is 7.82. The van der Waals surface area contributed by atoms with Crippen LogP contribution in [0.15, 0.2) is 17.1 Å². The molecule has 0 rings (SSSR count). The third-order valence-electron chi connectivity index (χ3n) is 1.10. The Morgan fingerprint density at radius 3 is 2.70 bits per heavy atom. The van der Waals surface area contributed by atoms with Gasteiger partial charge in [-0.3, -0.25) is 5.41 Å².